The fraction of sp³-hybridized carbons (Fsp3) is 0.786. The third-order valence-electron chi connectivity index (χ3n) is 3.95. The van der Waals surface area contributed by atoms with Crippen LogP contribution < -0.4 is 5.32 Å². The van der Waals surface area contributed by atoms with Gasteiger partial charge < -0.3 is 5.32 Å². The van der Waals surface area contributed by atoms with Gasteiger partial charge in [-0.05, 0) is 31.7 Å². The van der Waals surface area contributed by atoms with Gasteiger partial charge in [-0.25, -0.2) is 0 Å². The Morgan fingerprint density at radius 1 is 1.41 bits per heavy atom. The zero-order chi connectivity index (χ0) is 12.1. The largest absolute Gasteiger partial charge is 0.309 e. The SMILES string of the molecule is CCC1CCCCC1NC(C)Cn1cccn1. The van der Waals surface area contributed by atoms with Gasteiger partial charge in [-0.1, -0.05) is 26.2 Å². The van der Waals surface area contributed by atoms with Crippen molar-refractivity contribution < 1.29 is 0 Å². The minimum Gasteiger partial charge on any atom is -0.309 e. The lowest BCUT2D eigenvalue weighted by Crippen LogP contribution is -2.44. The molecular formula is C14H25N3. The van der Waals surface area contributed by atoms with Crippen LogP contribution in [-0.2, 0) is 6.54 Å². The molecule has 0 amide bonds. The second kappa shape index (κ2) is 6.20. The van der Waals surface area contributed by atoms with Gasteiger partial charge >= 0.3 is 0 Å². The maximum absolute atomic E-state index is 4.27. The minimum absolute atomic E-state index is 0.507. The van der Waals surface area contributed by atoms with Crippen LogP contribution in [0.1, 0.15) is 46.0 Å². The van der Waals surface area contributed by atoms with Gasteiger partial charge in [0.25, 0.3) is 0 Å². The average molecular weight is 235 g/mol. The van der Waals surface area contributed by atoms with Gasteiger partial charge in [-0.15, -0.1) is 0 Å². The molecular weight excluding hydrogens is 210 g/mol. The Morgan fingerprint density at radius 2 is 2.24 bits per heavy atom. The molecule has 1 aliphatic carbocycles. The molecule has 1 fully saturated rings. The molecule has 3 nitrogen and oxygen atoms in total. The van der Waals surface area contributed by atoms with Gasteiger partial charge in [0.1, 0.15) is 0 Å². The second-order valence-electron chi connectivity index (χ2n) is 5.36. The van der Waals surface area contributed by atoms with Crippen molar-refractivity contribution in [2.24, 2.45) is 5.92 Å². The number of nitrogens with zero attached hydrogens (tertiary/aromatic N) is 2. The summed E-state index contributed by atoms with van der Waals surface area (Å²) in [5, 5.41) is 8.06. The third-order valence-corrected chi connectivity index (χ3v) is 3.95. The third kappa shape index (κ3) is 3.56. The quantitative estimate of drug-likeness (QED) is 0.850. The molecule has 1 aromatic rings. The van der Waals surface area contributed by atoms with Crippen LogP contribution in [0.4, 0.5) is 0 Å². The summed E-state index contributed by atoms with van der Waals surface area (Å²) in [5.41, 5.74) is 0. The summed E-state index contributed by atoms with van der Waals surface area (Å²) in [6.45, 7) is 5.56. The van der Waals surface area contributed by atoms with Crippen LogP contribution in [0.5, 0.6) is 0 Å². The molecule has 3 heteroatoms. The standard InChI is InChI=1S/C14H25N3/c1-3-13-7-4-5-8-14(13)16-12(2)11-17-10-6-9-15-17/h6,9-10,12-14,16H,3-5,7-8,11H2,1-2H3. The van der Waals surface area contributed by atoms with Crippen LogP contribution in [-0.4, -0.2) is 21.9 Å². The first-order valence-electron chi connectivity index (χ1n) is 7.03. The molecule has 3 unspecified atom stereocenters. The van der Waals surface area contributed by atoms with Gasteiger partial charge in [0.05, 0.1) is 6.54 Å². The van der Waals surface area contributed by atoms with E-state index in [1.54, 1.807) is 0 Å². The van der Waals surface area contributed by atoms with Crippen molar-refractivity contribution in [3.63, 3.8) is 0 Å². The summed E-state index contributed by atoms with van der Waals surface area (Å²) in [6.07, 6.45) is 10.8. The van der Waals surface area contributed by atoms with Crippen LogP contribution in [0.2, 0.25) is 0 Å². The summed E-state index contributed by atoms with van der Waals surface area (Å²) in [4.78, 5) is 0. The number of hydrogen-bond donors (Lipinski definition) is 1. The average Bonchev–Trinajstić information content (AvgIpc) is 2.82. The second-order valence-corrected chi connectivity index (χ2v) is 5.36. The lowest BCUT2D eigenvalue weighted by atomic mass is 9.82. The first-order valence-corrected chi connectivity index (χ1v) is 7.03. The molecule has 17 heavy (non-hydrogen) atoms. The molecule has 1 saturated carbocycles. The number of hydrogen-bond acceptors (Lipinski definition) is 2. The van der Waals surface area contributed by atoms with Gasteiger partial charge in [-0.3, -0.25) is 4.68 Å². The van der Waals surface area contributed by atoms with E-state index in [2.05, 4.69) is 24.3 Å². The van der Waals surface area contributed by atoms with Crippen LogP contribution in [0.25, 0.3) is 0 Å². The van der Waals surface area contributed by atoms with E-state index in [-0.39, 0.29) is 0 Å². The molecule has 1 N–H and O–H groups in total. The lowest BCUT2D eigenvalue weighted by molar-refractivity contribution is 0.232. The molecule has 0 spiro atoms. The summed E-state index contributed by atoms with van der Waals surface area (Å²) < 4.78 is 2.02. The maximum Gasteiger partial charge on any atom is 0.0560 e. The Hall–Kier alpha value is -0.830. The molecule has 0 saturated heterocycles. The Kier molecular flexibility index (Phi) is 4.60. The van der Waals surface area contributed by atoms with Crippen molar-refractivity contribution in [1.82, 2.24) is 15.1 Å². The van der Waals surface area contributed by atoms with E-state index in [1.165, 1.54) is 32.1 Å². The van der Waals surface area contributed by atoms with E-state index in [1.807, 2.05) is 23.1 Å². The molecule has 1 aliphatic rings. The van der Waals surface area contributed by atoms with Gasteiger partial charge in [0, 0.05) is 24.5 Å². The smallest absolute Gasteiger partial charge is 0.0560 e. The summed E-state index contributed by atoms with van der Waals surface area (Å²) in [7, 11) is 0. The monoisotopic (exact) mass is 235 g/mol. The van der Waals surface area contributed by atoms with E-state index in [9.17, 15) is 0 Å². The maximum atomic E-state index is 4.27. The molecule has 0 bridgehead atoms. The molecule has 0 aliphatic heterocycles. The highest BCUT2D eigenvalue weighted by molar-refractivity contribution is 4.83. The van der Waals surface area contributed by atoms with Gasteiger partial charge in [0.2, 0.25) is 0 Å². The van der Waals surface area contributed by atoms with Crippen molar-refractivity contribution >= 4 is 0 Å². The van der Waals surface area contributed by atoms with Crippen molar-refractivity contribution in [2.75, 3.05) is 0 Å². The molecule has 1 heterocycles. The summed E-state index contributed by atoms with van der Waals surface area (Å²) in [5.74, 6) is 0.879. The summed E-state index contributed by atoms with van der Waals surface area (Å²) >= 11 is 0. The fourth-order valence-electron chi connectivity index (χ4n) is 3.02. The zero-order valence-corrected chi connectivity index (χ0v) is 11.1. The van der Waals surface area contributed by atoms with Crippen molar-refractivity contribution in [1.29, 1.82) is 0 Å². The summed E-state index contributed by atoms with van der Waals surface area (Å²) in [6, 6.07) is 3.22. The normalized spacial score (nSPS) is 26.9. The number of nitrogens with one attached hydrogen (secondary N) is 1. The predicted octanol–water partition coefficient (Wildman–Crippen LogP) is 2.83. The number of aromatic nitrogens is 2. The van der Waals surface area contributed by atoms with Crippen molar-refractivity contribution in [3.05, 3.63) is 18.5 Å². The van der Waals surface area contributed by atoms with E-state index in [0.717, 1.165) is 18.5 Å². The van der Waals surface area contributed by atoms with E-state index in [4.69, 9.17) is 0 Å². The van der Waals surface area contributed by atoms with E-state index < -0.39 is 0 Å². The molecule has 0 aromatic carbocycles. The molecule has 3 atom stereocenters. The predicted molar refractivity (Wildman–Crippen MR) is 70.9 cm³/mol. The zero-order valence-electron chi connectivity index (χ0n) is 11.1. The van der Waals surface area contributed by atoms with Crippen molar-refractivity contribution in [3.8, 4) is 0 Å². The lowest BCUT2D eigenvalue weighted by Gasteiger charge is -2.34. The van der Waals surface area contributed by atoms with Crippen LogP contribution in [0.15, 0.2) is 18.5 Å². The van der Waals surface area contributed by atoms with E-state index in [0.29, 0.717) is 6.04 Å². The minimum atomic E-state index is 0.507. The highest BCUT2D eigenvalue weighted by Gasteiger charge is 2.24. The Balaban J connectivity index is 1.82. The van der Waals surface area contributed by atoms with E-state index >= 15 is 0 Å². The highest BCUT2D eigenvalue weighted by atomic mass is 15.3. The van der Waals surface area contributed by atoms with Crippen LogP contribution in [0, 0.1) is 5.92 Å². The highest BCUT2D eigenvalue weighted by Crippen LogP contribution is 2.27. The molecule has 96 valence electrons. The molecule has 2 rings (SSSR count). The molecule has 0 radical (unpaired) electrons. The van der Waals surface area contributed by atoms with Crippen molar-refractivity contribution in [2.45, 2.75) is 64.6 Å². The Bertz CT molecular complexity index is 307. The Morgan fingerprint density at radius 3 is 2.94 bits per heavy atom. The first kappa shape index (κ1) is 12.6. The Labute approximate surface area is 105 Å². The van der Waals surface area contributed by atoms with Crippen LogP contribution in [0.3, 0.4) is 0 Å². The number of rotatable bonds is 5. The topological polar surface area (TPSA) is 29.9 Å². The fourth-order valence-corrected chi connectivity index (χ4v) is 3.02. The van der Waals surface area contributed by atoms with Gasteiger partial charge in [-0.2, -0.15) is 5.10 Å². The van der Waals surface area contributed by atoms with Crippen LogP contribution >= 0.6 is 0 Å². The first-order chi connectivity index (χ1) is 8.29. The molecule has 1 aromatic heterocycles. The van der Waals surface area contributed by atoms with Gasteiger partial charge in [0.15, 0.2) is 0 Å².